The molecule has 0 amide bonds. The van der Waals surface area contributed by atoms with Crippen LogP contribution in [-0.2, 0) is 0 Å². The molecule has 0 unspecified atom stereocenters. The monoisotopic (exact) mass is 181 g/mol. The van der Waals surface area contributed by atoms with Crippen molar-refractivity contribution < 1.29 is 0 Å². The van der Waals surface area contributed by atoms with Crippen LogP contribution in [0.4, 0.5) is 5.13 Å². The van der Waals surface area contributed by atoms with E-state index in [2.05, 4.69) is 28.3 Å². The standard InChI is InChI=1S/C8H11N3S/c1-3-5-11(6-4-2)8-10-9-7-12-8/h3-4,7H,1-2,5-6H2. The maximum Gasteiger partial charge on any atom is 0.208 e. The Morgan fingerprint density at radius 1 is 1.42 bits per heavy atom. The van der Waals surface area contributed by atoms with E-state index in [0.29, 0.717) is 0 Å². The molecule has 0 aliphatic heterocycles. The molecule has 0 radical (unpaired) electrons. The van der Waals surface area contributed by atoms with Crippen molar-refractivity contribution in [2.24, 2.45) is 0 Å². The third-order valence-corrected chi connectivity index (χ3v) is 2.07. The summed E-state index contributed by atoms with van der Waals surface area (Å²) in [4.78, 5) is 2.05. The van der Waals surface area contributed by atoms with Crippen molar-refractivity contribution >= 4 is 16.5 Å². The van der Waals surface area contributed by atoms with Crippen LogP contribution < -0.4 is 4.90 Å². The number of anilines is 1. The smallest absolute Gasteiger partial charge is 0.208 e. The number of nitrogens with zero attached hydrogens (tertiary/aromatic N) is 3. The predicted octanol–water partition coefficient (Wildman–Crippen LogP) is 1.72. The lowest BCUT2D eigenvalue weighted by atomic mass is 10.5. The molecule has 3 nitrogen and oxygen atoms in total. The molecule has 1 heterocycles. The Morgan fingerprint density at radius 3 is 2.50 bits per heavy atom. The Bertz CT molecular complexity index is 233. The van der Waals surface area contributed by atoms with Crippen LogP contribution in [0.1, 0.15) is 0 Å². The highest BCUT2D eigenvalue weighted by Crippen LogP contribution is 2.14. The molecule has 0 N–H and O–H groups in total. The third kappa shape index (κ3) is 2.17. The molecular formula is C8H11N3S. The van der Waals surface area contributed by atoms with E-state index in [1.807, 2.05) is 12.2 Å². The van der Waals surface area contributed by atoms with Gasteiger partial charge in [0.1, 0.15) is 5.51 Å². The third-order valence-electron chi connectivity index (χ3n) is 1.32. The maximum absolute atomic E-state index is 3.95. The second-order valence-corrected chi connectivity index (χ2v) is 3.02. The van der Waals surface area contributed by atoms with E-state index < -0.39 is 0 Å². The zero-order valence-corrected chi connectivity index (χ0v) is 7.63. The molecule has 0 saturated carbocycles. The molecule has 0 saturated heterocycles. The highest BCUT2D eigenvalue weighted by atomic mass is 32.1. The number of hydrogen-bond acceptors (Lipinski definition) is 4. The van der Waals surface area contributed by atoms with Gasteiger partial charge in [0.2, 0.25) is 5.13 Å². The highest BCUT2D eigenvalue weighted by Gasteiger charge is 2.04. The summed E-state index contributed by atoms with van der Waals surface area (Å²) in [6.07, 6.45) is 3.68. The summed E-state index contributed by atoms with van der Waals surface area (Å²) in [5.74, 6) is 0. The van der Waals surface area contributed by atoms with Crippen molar-refractivity contribution in [3.63, 3.8) is 0 Å². The van der Waals surface area contributed by atoms with Crippen LogP contribution in [0.5, 0.6) is 0 Å². The van der Waals surface area contributed by atoms with Crippen LogP contribution in [0.15, 0.2) is 30.8 Å². The molecule has 1 aromatic rings. The van der Waals surface area contributed by atoms with Gasteiger partial charge in [0, 0.05) is 13.1 Å². The number of hydrogen-bond donors (Lipinski definition) is 0. The summed E-state index contributed by atoms with van der Waals surface area (Å²) >= 11 is 1.52. The lowest BCUT2D eigenvalue weighted by molar-refractivity contribution is 0.918. The second-order valence-electron chi connectivity index (χ2n) is 2.20. The normalized spacial score (nSPS) is 9.33. The molecule has 0 aliphatic carbocycles. The molecule has 0 bridgehead atoms. The Labute approximate surface area is 76.0 Å². The zero-order chi connectivity index (χ0) is 8.81. The van der Waals surface area contributed by atoms with Crippen LogP contribution in [0.2, 0.25) is 0 Å². The summed E-state index contributed by atoms with van der Waals surface area (Å²) in [5, 5.41) is 8.63. The fourth-order valence-electron chi connectivity index (χ4n) is 0.847. The Kier molecular flexibility index (Phi) is 3.47. The van der Waals surface area contributed by atoms with Gasteiger partial charge >= 0.3 is 0 Å². The SMILES string of the molecule is C=CCN(CC=C)c1nncs1. The first-order valence-corrected chi connectivity index (χ1v) is 4.49. The van der Waals surface area contributed by atoms with Gasteiger partial charge in [0.25, 0.3) is 0 Å². The highest BCUT2D eigenvalue weighted by molar-refractivity contribution is 7.13. The summed E-state index contributed by atoms with van der Waals surface area (Å²) in [6.45, 7) is 8.90. The molecule has 1 aromatic heterocycles. The largest absolute Gasteiger partial charge is 0.339 e. The van der Waals surface area contributed by atoms with Gasteiger partial charge in [-0.3, -0.25) is 0 Å². The maximum atomic E-state index is 3.95. The molecule has 4 heteroatoms. The van der Waals surface area contributed by atoms with Gasteiger partial charge < -0.3 is 4.90 Å². The molecule has 0 atom stereocenters. The molecule has 64 valence electrons. The lowest BCUT2D eigenvalue weighted by Crippen LogP contribution is -2.22. The van der Waals surface area contributed by atoms with E-state index in [4.69, 9.17) is 0 Å². The average molecular weight is 181 g/mol. The first-order chi connectivity index (χ1) is 5.88. The second kappa shape index (κ2) is 4.66. The van der Waals surface area contributed by atoms with Crippen LogP contribution in [0.3, 0.4) is 0 Å². The molecule has 0 spiro atoms. The Hall–Kier alpha value is -1.16. The van der Waals surface area contributed by atoms with Gasteiger partial charge in [-0.05, 0) is 0 Å². The van der Waals surface area contributed by atoms with E-state index in [1.165, 1.54) is 11.3 Å². The van der Waals surface area contributed by atoms with E-state index in [-0.39, 0.29) is 0 Å². The Morgan fingerprint density at radius 2 is 2.08 bits per heavy atom. The topological polar surface area (TPSA) is 29.0 Å². The lowest BCUT2D eigenvalue weighted by Gasteiger charge is -2.16. The van der Waals surface area contributed by atoms with Gasteiger partial charge in [-0.25, -0.2) is 0 Å². The van der Waals surface area contributed by atoms with Crippen molar-refractivity contribution in [2.45, 2.75) is 0 Å². The van der Waals surface area contributed by atoms with Crippen LogP contribution in [-0.4, -0.2) is 23.3 Å². The quantitative estimate of drug-likeness (QED) is 0.648. The number of rotatable bonds is 5. The van der Waals surface area contributed by atoms with E-state index in [9.17, 15) is 0 Å². The molecule has 0 aromatic carbocycles. The van der Waals surface area contributed by atoms with E-state index >= 15 is 0 Å². The van der Waals surface area contributed by atoms with Gasteiger partial charge in [0.15, 0.2) is 0 Å². The fraction of sp³-hybridized carbons (Fsp3) is 0.250. The van der Waals surface area contributed by atoms with Crippen molar-refractivity contribution in [1.82, 2.24) is 10.2 Å². The van der Waals surface area contributed by atoms with Crippen molar-refractivity contribution in [3.8, 4) is 0 Å². The first kappa shape index (κ1) is 8.93. The molecule has 1 rings (SSSR count). The summed E-state index contributed by atoms with van der Waals surface area (Å²) < 4.78 is 0. The summed E-state index contributed by atoms with van der Waals surface area (Å²) in [5.41, 5.74) is 1.72. The van der Waals surface area contributed by atoms with Gasteiger partial charge in [-0.1, -0.05) is 23.5 Å². The number of aromatic nitrogens is 2. The fourth-order valence-corrected chi connectivity index (χ4v) is 1.43. The summed E-state index contributed by atoms with van der Waals surface area (Å²) in [7, 11) is 0. The molecule has 12 heavy (non-hydrogen) atoms. The predicted molar refractivity (Wildman–Crippen MR) is 52.5 cm³/mol. The van der Waals surface area contributed by atoms with Gasteiger partial charge in [-0.2, -0.15) is 0 Å². The van der Waals surface area contributed by atoms with Crippen molar-refractivity contribution in [1.29, 1.82) is 0 Å². The van der Waals surface area contributed by atoms with Gasteiger partial charge in [0.05, 0.1) is 0 Å². The minimum atomic E-state index is 0.779. The summed E-state index contributed by atoms with van der Waals surface area (Å²) in [6, 6.07) is 0. The van der Waals surface area contributed by atoms with Crippen molar-refractivity contribution in [2.75, 3.05) is 18.0 Å². The van der Waals surface area contributed by atoms with Gasteiger partial charge in [-0.15, -0.1) is 23.4 Å². The van der Waals surface area contributed by atoms with E-state index in [0.717, 1.165) is 18.2 Å². The molecular weight excluding hydrogens is 170 g/mol. The molecule has 0 aliphatic rings. The van der Waals surface area contributed by atoms with Crippen molar-refractivity contribution in [3.05, 3.63) is 30.8 Å². The Balaban J connectivity index is 2.65. The minimum absolute atomic E-state index is 0.779. The average Bonchev–Trinajstić information content (AvgIpc) is 2.56. The van der Waals surface area contributed by atoms with Crippen LogP contribution in [0.25, 0.3) is 0 Å². The van der Waals surface area contributed by atoms with Crippen LogP contribution in [0, 0.1) is 0 Å². The first-order valence-electron chi connectivity index (χ1n) is 3.61. The minimum Gasteiger partial charge on any atom is -0.339 e. The van der Waals surface area contributed by atoms with E-state index in [1.54, 1.807) is 5.51 Å². The zero-order valence-electron chi connectivity index (χ0n) is 6.81. The van der Waals surface area contributed by atoms with Crippen LogP contribution >= 0.6 is 11.3 Å². The molecule has 0 fully saturated rings.